The molecule has 0 bridgehead atoms. The fraction of sp³-hybridized carbons (Fsp3) is 0.562. The number of nitrogens with one attached hydrogen (secondary N) is 1. The molecule has 0 saturated heterocycles. The van der Waals surface area contributed by atoms with E-state index in [1.807, 2.05) is 38.1 Å². The molecule has 1 amide bonds. The van der Waals surface area contributed by atoms with Crippen LogP contribution in [0.3, 0.4) is 0 Å². The van der Waals surface area contributed by atoms with Gasteiger partial charge in [0.05, 0.1) is 12.6 Å². The summed E-state index contributed by atoms with van der Waals surface area (Å²) in [5.74, 6) is 0.0917. The normalized spacial score (nSPS) is 13.4. The number of benzene rings is 1. The van der Waals surface area contributed by atoms with Gasteiger partial charge in [0.1, 0.15) is 0 Å². The van der Waals surface area contributed by atoms with Crippen LogP contribution in [0.25, 0.3) is 0 Å². The van der Waals surface area contributed by atoms with Gasteiger partial charge in [0.25, 0.3) is 5.91 Å². The first kappa shape index (κ1) is 15.7. The van der Waals surface area contributed by atoms with Crippen LogP contribution in [0, 0.1) is 5.92 Å². The van der Waals surface area contributed by atoms with Gasteiger partial charge in [-0.2, -0.15) is 0 Å². The van der Waals surface area contributed by atoms with Crippen molar-refractivity contribution in [2.45, 2.75) is 46.1 Å². The van der Waals surface area contributed by atoms with Gasteiger partial charge in [-0.25, -0.2) is 0 Å². The molecule has 0 aliphatic heterocycles. The Morgan fingerprint density at radius 3 is 2.32 bits per heavy atom. The van der Waals surface area contributed by atoms with Gasteiger partial charge in [-0.05, 0) is 23.0 Å². The molecule has 19 heavy (non-hydrogen) atoms. The highest BCUT2D eigenvalue weighted by Gasteiger charge is 2.23. The second kappa shape index (κ2) is 6.20. The number of carbonyl (C=O) groups excluding carboxylic acids is 1. The molecule has 0 radical (unpaired) electrons. The van der Waals surface area contributed by atoms with Crippen LogP contribution in [-0.2, 0) is 5.41 Å². The van der Waals surface area contributed by atoms with Crippen LogP contribution in [0.15, 0.2) is 24.3 Å². The summed E-state index contributed by atoms with van der Waals surface area (Å²) in [7, 11) is 0. The van der Waals surface area contributed by atoms with E-state index in [0.717, 1.165) is 5.56 Å². The highest BCUT2D eigenvalue weighted by atomic mass is 16.3. The lowest BCUT2D eigenvalue weighted by Crippen LogP contribution is -2.41. The van der Waals surface area contributed by atoms with E-state index in [4.69, 9.17) is 0 Å². The quantitative estimate of drug-likeness (QED) is 0.877. The van der Waals surface area contributed by atoms with Gasteiger partial charge in [-0.3, -0.25) is 4.79 Å². The molecule has 0 aliphatic carbocycles. The van der Waals surface area contributed by atoms with E-state index < -0.39 is 0 Å². The van der Waals surface area contributed by atoms with Gasteiger partial charge in [0.15, 0.2) is 0 Å². The summed E-state index contributed by atoms with van der Waals surface area (Å²) in [4.78, 5) is 12.4. The third-order valence-electron chi connectivity index (χ3n) is 3.30. The molecule has 0 heterocycles. The summed E-state index contributed by atoms with van der Waals surface area (Å²) in [5, 5.41) is 12.2. The fourth-order valence-corrected chi connectivity index (χ4v) is 2.00. The molecule has 106 valence electrons. The lowest BCUT2D eigenvalue weighted by molar-refractivity contribution is 0.0894. The number of amides is 1. The average Bonchev–Trinajstić information content (AvgIpc) is 2.34. The largest absolute Gasteiger partial charge is 0.394 e. The average molecular weight is 263 g/mol. The van der Waals surface area contributed by atoms with Crippen molar-refractivity contribution < 1.29 is 9.90 Å². The van der Waals surface area contributed by atoms with Crippen LogP contribution >= 0.6 is 0 Å². The fourth-order valence-electron chi connectivity index (χ4n) is 2.00. The molecule has 0 saturated carbocycles. The predicted molar refractivity (Wildman–Crippen MR) is 78.3 cm³/mol. The summed E-state index contributed by atoms with van der Waals surface area (Å²) in [6.07, 6.45) is 0. The Bertz CT molecular complexity index is 433. The zero-order chi connectivity index (χ0) is 14.6. The van der Waals surface area contributed by atoms with Crippen molar-refractivity contribution in [3.05, 3.63) is 35.4 Å². The van der Waals surface area contributed by atoms with Gasteiger partial charge in [-0.15, -0.1) is 0 Å². The second-order valence-corrected chi connectivity index (χ2v) is 6.30. The second-order valence-electron chi connectivity index (χ2n) is 6.30. The number of aliphatic hydroxyl groups excluding tert-OH is 1. The van der Waals surface area contributed by atoms with Crippen molar-refractivity contribution in [1.29, 1.82) is 0 Å². The topological polar surface area (TPSA) is 49.3 Å². The summed E-state index contributed by atoms with van der Waals surface area (Å²) >= 11 is 0. The Morgan fingerprint density at radius 1 is 1.26 bits per heavy atom. The number of hydrogen-bond acceptors (Lipinski definition) is 2. The van der Waals surface area contributed by atoms with Crippen molar-refractivity contribution in [3.63, 3.8) is 0 Å². The number of hydrogen-bond donors (Lipinski definition) is 2. The Morgan fingerprint density at radius 2 is 1.84 bits per heavy atom. The molecule has 1 atom stereocenters. The van der Waals surface area contributed by atoms with E-state index in [1.165, 1.54) is 0 Å². The standard InChI is InChI=1S/C16H25NO2/c1-11(2)14(10-18)17-15(19)12-8-6-7-9-13(12)16(3,4)5/h6-9,11,14,18H,10H2,1-5H3,(H,17,19)/t14-/m1/s1. The summed E-state index contributed by atoms with van der Waals surface area (Å²) < 4.78 is 0. The predicted octanol–water partition coefficient (Wildman–Crippen LogP) is 2.73. The van der Waals surface area contributed by atoms with Gasteiger partial charge < -0.3 is 10.4 Å². The van der Waals surface area contributed by atoms with Crippen molar-refractivity contribution in [2.75, 3.05) is 6.61 Å². The van der Waals surface area contributed by atoms with Gasteiger partial charge in [0.2, 0.25) is 0 Å². The van der Waals surface area contributed by atoms with Crippen LogP contribution in [0.5, 0.6) is 0 Å². The SMILES string of the molecule is CC(C)[C@@H](CO)NC(=O)c1ccccc1C(C)(C)C. The minimum Gasteiger partial charge on any atom is -0.394 e. The molecular weight excluding hydrogens is 238 g/mol. The molecule has 0 aromatic heterocycles. The first-order valence-electron chi connectivity index (χ1n) is 6.78. The van der Waals surface area contributed by atoms with Crippen molar-refractivity contribution in [3.8, 4) is 0 Å². The molecule has 0 aliphatic rings. The Labute approximate surface area is 116 Å². The van der Waals surface area contributed by atoms with E-state index >= 15 is 0 Å². The zero-order valence-electron chi connectivity index (χ0n) is 12.5. The van der Waals surface area contributed by atoms with Crippen LogP contribution in [-0.4, -0.2) is 23.7 Å². The Kier molecular flexibility index (Phi) is 5.12. The molecule has 0 unspecified atom stereocenters. The highest BCUT2D eigenvalue weighted by molar-refractivity contribution is 5.96. The van der Waals surface area contributed by atoms with Crippen molar-refractivity contribution in [1.82, 2.24) is 5.32 Å². The smallest absolute Gasteiger partial charge is 0.251 e. The lowest BCUT2D eigenvalue weighted by atomic mass is 9.83. The zero-order valence-corrected chi connectivity index (χ0v) is 12.5. The van der Waals surface area contributed by atoms with Crippen LogP contribution in [0.1, 0.15) is 50.5 Å². The minimum atomic E-state index is -0.208. The van der Waals surface area contributed by atoms with E-state index in [1.54, 1.807) is 0 Å². The van der Waals surface area contributed by atoms with E-state index in [9.17, 15) is 9.90 Å². The number of aliphatic hydroxyl groups is 1. The Balaban J connectivity index is 3.01. The van der Waals surface area contributed by atoms with E-state index in [-0.39, 0.29) is 29.9 Å². The molecule has 0 fully saturated rings. The summed E-state index contributed by atoms with van der Waals surface area (Å²) in [6, 6.07) is 7.43. The highest BCUT2D eigenvalue weighted by Crippen LogP contribution is 2.25. The molecule has 3 heteroatoms. The molecular formula is C16H25NO2. The lowest BCUT2D eigenvalue weighted by Gasteiger charge is -2.25. The number of carbonyl (C=O) groups is 1. The third-order valence-corrected chi connectivity index (χ3v) is 3.30. The summed E-state index contributed by atoms with van der Waals surface area (Å²) in [5.41, 5.74) is 1.63. The van der Waals surface area contributed by atoms with E-state index in [2.05, 4.69) is 26.1 Å². The first-order valence-corrected chi connectivity index (χ1v) is 6.78. The molecule has 1 rings (SSSR count). The third kappa shape index (κ3) is 4.06. The van der Waals surface area contributed by atoms with E-state index in [0.29, 0.717) is 5.56 Å². The monoisotopic (exact) mass is 263 g/mol. The summed E-state index contributed by atoms with van der Waals surface area (Å²) in [6.45, 7) is 10.2. The van der Waals surface area contributed by atoms with Crippen LogP contribution < -0.4 is 5.32 Å². The minimum absolute atomic E-state index is 0.0406. The maximum Gasteiger partial charge on any atom is 0.251 e. The maximum absolute atomic E-state index is 12.4. The maximum atomic E-state index is 12.4. The molecule has 2 N–H and O–H groups in total. The van der Waals surface area contributed by atoms with Gasteiger partial charge in [0, 0.05) is 5.56 Å². The van der Waals surface area contributed by atoms with Crippen LogP contribution in [0.4, 0.5) is 0 Å². The Hall–Kier alpha value is -1.35. The van der Waals surface area contributed by atoms with Gasteiger partial charge >= 0.3 is 0 Å². The number of rotatable bonds is 4. The molecule has 1 aromatic carbocycles. The van der Waals surface area contributed by atoms with Crippen molar-refractivity contribution >= 4 is 5.91 Å². The first-order chi connectivity index (χ1) is 8.77. The molecule has 0 spiro atoms. The molecule has 3 nitrogen and oxygen atoms in total. The molecule has 1 aromatic rings. The van der Waals surface area contributed by atoms with Crippen molar-refractivity contribution in [2.24, 2.45) is 5.92 Å². The van der Waals surface area contributed by atoms with Crippen LogP contribution in [0.2, 0.25) is 0 Å². The van der Waals surface area contributed by atoms with Gasteiger partial charge in [-0.1, -0.05) is 52.8 Å².